The highest BCUT2D eigenvalue weighted by Crippen LogP contribution is 2.40. The summed E-state index contributed by atoms with van der Waals surface area (Å²) >= 11 is 5.21. The van der Waals surface area contributed by atoms with Gasteiger partial charge in [0.1, 0.15) is 10.7 Å². The molecule has 2 nitrogen and oxygen atoms in total. The van der Waals surface area contributed by atoms with Crippen molar-refractivity contribution in [1.29, 1.82) is 0 Å². The topological polar surface area (TPSA) is 24.7 Å². The Morgan fingerprint density at radius 3 is 2.19 bits per heavy atom. The molecule has 0 N–H and O–H groups in total. The van der Waals surface area contributed by atoms with E-state index in [1.807, 2.05) is 26.2 Å². The van der Waals surface area contributed by atoms with Crippen LogP contribution in [0.15, 0.2) is 68.3 Å². The average Bonchev–Trinajstić information content (AvgIpc) is 2.61. The maximum Gasteiger partial charge on any atom is 0.122 e. The van der Waals surface area contributed by atoms with Gasteiger partial charge in [-0.05, 0) is 63.5 Å². The number of hydrogen-bond acceptors (Lipinski definition) is 4. The summed E-state index contributed by atoms with van der Waals surface area (Å²) in [5.41, 5.74) is 2.49. The fraction of sp³-hybridized carbons (Fsp3) is 0.333. The molecule has 0 saturated carbocycles. The van der Waals surface area contributed by atoms with Crippen LogP contribution in [0, 0.1) is 0 Å². The highest BCUT2D eigenvalue weighted by atomic mass is 32.2. The number of benzene rings is 2. The minimum Gasteiger partial charge on any atom is -0.253 e. The average molecular weight is 403 g/mol. The van der Waals surface area contributed by atoms with Gasteiger partial charge in [-0.2, -0.15) is 0 Å². The molecular formula is C21H26N2S3. The van der Waals surface area contributed by atoms with E-state index in [2.05, 4.69) is 67.6 Å². The molecule has 0 radical (unpaired) electrons. The molecule has 2 rings (SSSR count). The second kappa shape index (κ2) is 9.67. The number of thioether (sulfide) groups is 3. The zero-order chi connectivity index (χ0) is 19.2. The highest BCUT2D eigenvalue weighted by Gasteiger charge is 2.20. The van der Waals surface area contributed by atoms with E-state index in [0.717, 1.165) is 10.9 Å². The van der Waals surface area contributed by atoms with Crippen molar-refractivity contribution in [1.82, 2.24) is 0 Å². The minimum atomic E-state index is -0.273. The third kappa shape index (κ3) is 6.22. The van der Waals surface area contributed by atoms with Crippen LogP contribution in [0.3, 0.4) is 0 Å². The smallest absolute Gasteiger partial charge is 0.122 e. The number of hydrogen-bond donors (Lipinski definition) is 0. The summed E-state index contributed by atoms with van der Waals surface area (Å²) in [6.45, 7) is 8.26. The summed E-state index contributed by atoms with van der Waals surface area (Å²) in [7, 11) is 0. The van der Waals surface area contributed by atoms with Crippen molar-refractivity contribution in [3.63, 3.8) is 0 Å². The van der Waals surface area contributed by atoms with Crippen LogP contribution >= 0.6 is 35.3 Å². The Morgan fingerprint density at radius 1 is 0.885 bits per heavy atom. The summed E-state index contributed by atoms with van der Waals surface area (Å²) in [4.78, 5) is 11.6. The molecule has 0 aliphatic rings. The lowest BCUT2D eigenvalue weighted by atomic mass is 10.1. The van der Waals surface area contributed by atoms with E-state index in [4.69, 9.17) is 4.99 Å². The monoisotopic (exact) mass is 402 g/mol. The lowest BCUT2D eigenvalue weighted by molar-refractivity contribution is 0.757. The Hall–Kier alpha value is -1.17. The van der Waals surface area contributed by atoms with E-state index in [0.29, 0.717) is 0 Å². The first-order valence-electron chi connectivity index (χ1n) is 8.43. The van der Waals surface area contributed by atoms with Gasteiger partial charge in [0.05, 0.1) is 5.04 Å². The Bertz CT molecular complexity index is 796. The first-order valence-corrected chi connectivity index (χ1v) is 11.7. The fourth-order valence-electron chi connectivity index (χ4n) is 2.54. The second-order valence-corrected chi connectivity index (χ2v) is 9.76. The standard InChI is InChI=1S/C21H26N2S3/c1-15(22-16(2)24-5)23-21(3,4)26-19-13-12-18(14-20(19)25-6)17-10-8-7-9-11-17/h7-14H,1-6H3. The quantitative estimate of drug-likeness (QED) is 0.303. The molecule has 2 aromatic carbocycles. The molecule has 0 heterocycles. The van der Waals surface area contributed by atoms with E-state index in [1.54, 1.807) is 35.3 Å². The Labute approximate surface area is 170 Å². The van der Waals surface area contributed by atoms with Gasteiger partial charge in [0.25, 0.3) is 0 Å². The molecule has 5 heteroatoms. The van der Waals surface area contributed by atoms with E-state index < -0.39 is 0 Å². The summed E-state index contributed by atoms with van der Waals surface area (Å²) < 4.78 is 0. The van der Waals surface area contributed by atoms with Gasteiger partial charge in [0, 0.05) is 9.79 Å². The summed E-state index contributed by atoms with van der Waals surface area (Å²) in [6, 6.07) is 17.2. The van der Waals surface area contributed by atoms with Gasteiger partial charge in [0.2, 0.25) is 0 Å². The Balaban J connectivity index is 2.27. The van der Waals surface area contributed by atoms with Gasteiger partial charge in [-0.1, -0.05) is 48.2 Å². The molecule has 0 fully saturated rings. The third-order valence-electron chi connectivity index (χ3n) is 3.68. The van der Waals surface area contributed by atoms with Gasteiger partial charge in [-0.3, -0.25) is 4.99 Å². The number of rotatable bonds is 5. The van der Waals surface area contributed by atoms with Crippen molar-refractivity contribution in [2.45, 2.75) is 42.4 Å². The Morgan fingerprint density at radius 2 is 1.58 bits per heavy atom. The lowest BCUT2D eigenvalue weighted by Gasteiger charge is -2.21. The van der Waals surface area contributed by atoms with Crippen LogP contribution in [-0.2, 0) is 0 Å². The SMILES string of the molecule is CSC(C)=NC(C)=NC(C)(C)Sc1ccc(-c2ccccc2)cc1SC. The Kier molecular flexibility index (Phi) is 7.86. The normalized spacial score (nSPS) is 13.2. The molecule has 0 spiro atoms. The molecule has 0 aliphatic carbocycles. The van der Waals surface area contributed by atoms with Crippen LogP contribution in [0.2, 0.25) is 0 Å². The van der Waals surface area contributed by atoms with Gasteiger partial charge >= 0.3 is 0 Å². The van der Waals surface area contributed by atoms with Crippen molar-refractivity contribution < 1.29 is 0 Å². The van der Waals surface area contributed by atoms with Crippen LogP contribution in [0.25, 0.3) is 11.1 Å². The molecule has 0 amide bonds. The molecule has 2 aromatic rings. The van der Waals surface area contributed by atoms with Gasteiger partial charge < -0.3 is 0 Å². The van der Waals surface area contributed by atoms with Gasteiger partial charge in [-0.25, -0.2) is 4.99 Å². The molecular weight excluding hydrogens is 376 g/mol. The van der Waals surface area contributed by atoms with E-state index in [-0.39, 0.29) is 4.87 Å². The molecule has 138 valence electrons. The summed E-state index contributed by atoms with van der Waals surface area (Å²) in [6.07, 6.45) is 4.16. The predicted octanol–water partition coefficient (Wildman–Crippen LogP) is 7.10. The number of aliphatic imine (C=N–C) groups is 2. The predicted molar refractivity (Wildman–Crippen MR) is 123 cm³/mol. The highest BCUT2D eigenvalue weighted by molar-refractivity contribution is 8.13. The van der Waals surface area contributed by atoms with Gasteiger partial charge in [-0.15, -0.1) is 23.5 Å². The number of amidine groups is 1. The molecule has 0 saturated heterocycles. The van der Waals surface area contributed by atoms with Crippen LogP contribution < -0.4 is 0 Å². The summed E-state index contributed by atoms with van der Waals surface area (Å²) in [5.74, 6) is 0.820. The minimum absolute atomic E-state index is 0.273. The van der Waals surface area contributed by atoms with Crippen molar-refractivity contribution in [2.75, 3.05) is 12.5 Å². The lowest BCUT2D eigenvalue weighted by Crippen LogP contribution is -2.13. The van der Waals surface area contributed by atoms with E-state index in [1.165, 1.54) is 20.9 Å². The van der Waals surface area contributed by atoms with Crippen LogP contribution in [0.5, 0.6) is 0 Å². The van der Waals surface area contributed by atoms with Crippen LogP contribution in [0.1, 0.15) is 27.7 Å². The molecule has 26 heavy (non-hydrogen) atoms. The van der Waals surface area contributed by atoms with Crippen molar-refractivity contribution in [2.24, 2.45) is 9.98 Å². The van der Waals surface area contributed by atoms with E-state index in [9.17, 15) is 0 Å². The zero-order valence-electron chi connectivity index (χ0n) is 16.2. The second-order valence-electron chi connectivity index (χ2n) is 6.27. The molecule has 0 aliphatic heterocycles. The first-order chi connectivity index (χ1) is 12.3. The summed E-state index contributed by atoms with van der Waals surface area (Å²) in [5, 5.41) is 1.03. The maximum atomic E-state index is 4.82. The molecule has 0 aromatic heterocycles. The van der Waals surface area contributed by atoms with Crippen molar-refractivity contribution in [3.05, 3.63) is 48.5 Å². The number of nitrogens with zero attached hydrogens (tertiary/aromatic N) is 2. The third-order valence-corrected chi connectivity index (χ3v) is 6.43. The maximum absolute atomic E-state index is 4.82. The molecule has 0 atom stereocenters. The van der Waals surface area contributed by atoms with Crippen LogP contribution in [0.4, 0.5) is 0 Å². The van der Waals surface area contributed by atoms with Gasteiger partial charge in [0.15, 0.2) is 0 Å². The fourth-order valence-corrected chi connectivity index (χ4v) is 4.67. The largest absolute Gasteiger partial charge is 0.253 e. The molecule has 0 bridgehead atoms. The molecule has 0 unspecified atom stereocenters. The van der Waals surface area contributed by atoms with Crippen molar-refractivity contribution in [3.8, 4) is 11.1 Å². The first kappa shape index (κ1) is 21.1. The van der Waals surface area contributed by atoms with E-state index >= 15 is 0 Å². The van der Waals surface area contributed by atoms with Crippen molar-refractivity contribution >= 4 is 46.2 Å². The zero-order valence-corrected chi connectivity index (χ0v) is 18.7. The van der Waals surface area contributed by atoms with Crippen LogP contribution in [-0.4, -0.2) is 28.3 Å².